The standard InChI is InChI=1S/C27H28FN3O3/c1-30(24-7-9-25(10-8-24)34-19-21-4-2-6-23(28)16-21)27(33)22-11-14-31(15-12-22)26(32)17-20-5-3-13-29-18-20/h2-10,13,16,18,22H,11-12,14-15,17,19H2,1H3. The van der Waals surface area contributed by atoms with E-state index < -0.39 is 0 Å². The third-order valence-corrected chi connectivity index (χ3v) is 6.12. The molecule has 2 heterocycles. The van der Waals surface area contributed by atoms with Crippen LogP contribution in [0.4, 0.5) is 10.1 Å². The number of carbonyl (C=O) groups excluding carboxylic acids is 2. The van der Waals surface area contributed by atoms with E-state index in [0.717, 1.165) is 16.8 Å². The predicted octanol–water partition coefficient (Wildman–Crippen LogP) is 4.24. The molecule has 0 aliphatic carbocycles. The molecule has 4 rings (SSSR count). The molecule has 1 aromatic heterocycles. The summed E-state index contributed by atoms with van der Waals surface area (Å²) in [5.74, 6) is 0.361. The highest BCUT2D eigenvalue weighted by atomic mass is 19.1. The summed E-state index contributed by atoms with van der Waals surface area (Å²) in [5.41, 5.74) is 2.42. The van der Waals surface area contributed by atoms with Gasteiger partial charge in [-0.15, -0.1) is 0 Å². The van der Waals surface area contributed by atoms with Crippen LogP contribution in [0.2, 0.25) is 0 Å². The number of aromatic nitrogens is 1. The summed E-state index contributed by atoms with van der Waals surface area (Å²) in [7, 11) is 1.77. The van der Waals surface area contributed by atoms with Crippen molar-refractivity contribution >= 4 is 17.5 Å². The Kier molecular flexibility index (Phi) is 7.52. The second kappa shape index (κ2) is 10.9. The van der Waals surface area contributed by atoms with Crippen LogP contribution in [0.5, 0.6) is 5.75 Å². The lowest BCUT2D eigenvalue weighted by atomic mass is 9.94. The highest BCUT2D eigenvalue weighted by molar-refractivity contribution is 5.94. The lowest BCUT2D eigenvalue weighted by Gasteiger charge is -2.33. The minimum Gasteiger partial charge on any atom is -0.489 e. The fraction of sp³-hybridized carbons (Fsp3) is 0.296. The number of rotatable bonds is 7. The van der Waals surface area contributed by atoms with Gasteiger partial charge in [0.15, 0.2) is 0 Å². The largest absolute Gasteiger partial charge is 0.489 e. The van der Waals surface area contributed by atoms with Crippen LogP contribution in [0.3, 0.4) is 0 Å². The molecule has 0 unspecified atom stereocenters. The number of amides is 2. The number of ether oxygens (including phenoxy) is 1. The smallest absolute Gasteiger partial charge is 0.229 e. The van der Waals surface area contributed by atoms with Crippen LogP contribution in [0.15, 0.2) is 73.1 Å². The van der Waals surface area contributed by atoms with Crippen LogP contribution in [0.25, 0.3) is 0 Å². The Labute approximate surface area is 199 Å². The molecule has 34 heavy (non-hydrogen) atoms. The molecule has 2 aromatic carbocycles. The number of carbonyl (C=O) groups is 2. The third kappa shape index (κ3) is 5.98. The van der Waals surface area contributed by atoms with E-state index in [2.05, 4.69) is 4.98 Å². The monoisotopic (exact) mass is 461 g/mol. The Balaban J connectivity index is 1.26. The molecule has 7 heteroatoms. The van der Waals surface area contributed by atoms with Gasteiger partial charge in [-0.1, -0.05) is 18.2 Å². The highest BCUT2D eigenvalue weighted by Crippen LogP contribution is 2.25. The summed E-state index contributed by atoms with van der Waals surface area (Å²) < 4.78 is 19.0. The van der Waals surface area contributed by atoms with Crippen molar-refractivity contribution in [1.82, 2.24) is 9.88 Å². The molecule has 0 radical (unpaired) electrons. The number of anilines is 1. The van der Waals surface area contributed by atoms with Crippen molar-refractivity contribution < 1.29 is 18.7 Å². The molecule has 2 amide bonds. The molecule has 0 bridgehead atoms. The fourth-order valence-corrected chi connectivity index (χ4v) is 4.13. The maximum absolute atomic E-state index is 13.3. The zero-order chi connectivity index (χ0) is 23.9. The molecule has 1 saturated heterocycles. The number of nitrogens with zero attached hydrogens (tertiary/aromatic N) is 3. The zero-order valence-electron chi connectivity index (χ0n) is 19.2. The van der Waals surface area contributed by atoms with Crippen LogP contribution in [-0.2, 0) is 22.6 Å². The molecule has 0 spiro atoms. The van der Waals surface area contributed by atoms with Gasteiger partial charge in [-0.3, -0.25) is 14.6 Å². The van der Waals surface area contributed by atoms with Crippen LogP contribution in [0.1, 0.15) is 24.0 Å². The molecule has 1 aliphatic heterocycles. The van der Waals surface area contributed by atoms with Gasteiger partial charge in [0.2, 0.25) is 11.8 Å². The van der Waals surface area contributed by atoms with Crippen molar-refractivity contribution in [3.63, 3.8) is 0 Å². The number of halogens is 1. The fourth-order valence-electron chi connectivity index (χ4n) is 4.13. The predicted molar refractivity (Wildman–Crippen MR) is 128 cm³/mol. The molecule has 0 atom stereocenters. The first kappa shape index (κ1) is 23.4. The first-order chi connectivity index (χ1) is 16.5. The van der Waals surface area contributed by atoms with Gasteiger partial charge >= 0.3 is 0 Å². The Hall–Kier alpha value is -3.74. The summed E-state index contributed by atoms with van der Waals surface area (Å²) in [4.78, 5) is 33.2. The van der Waals surface area contributed by atoms with Crippen molar-refractivity contribution in [3.8, 4) is 5.75 Å². The van der Waals surface area contributed by atoms with Crippen LogP contribution < -0.4 is 9.64 Å². The van der Waals surface area contributed by atoms with Gasteiger partial charge in [0.1, 0.15) is 18.2 Å². The normalized spacial score (nSPS) is 14.0. The molecule has 1 fully saturated rings. The van der Waals surface area contributed by atoms with Gasteiger partial charge in [0, 0.05) is 44.1 Å². The number of likely N-dealkylation sites (tertiary alicyclic amines) is 1. The van der Waals surface area contributed by atoms with E-state index in [1.165, 1.54) is 12.1 Å². The number of hydrogen-bond donors (Lipinski definition) is 0. The molecule has 0 N–H and O–H groups in total. The molecule has 3 aromatic rings. The van der Waals surface area contributed by atoms with Gasteiger partial charge in [0.05, 0.1) is 6.42 Å². The maximum atomic E-state index is 13.3. The Bertz CT molecular complexity index is 1110. The molecule has 6 nitrogen and oxygen atoms in total. The van der Waals surface area contributed by atoms with Crippen molar-refractivity contribution in [2.24, 2.45) is 5.92 Å². The van der Waals surface area contributed by atoms with Crippen molar-refractivity contribution in [1.29, 1.82) is 0 Å². The lowest BCUT2D eigenvalue weighted by Crippen LogP contribution is -2.44. The molecule has 176 valence electrons. The van der Waals surface area contributed by atoms with E-state index in [1.807, 2.05) is 35.2 Å². The first-order valence-electron chi connectivity index (χ1n) is 11.4. The number of hydrogen-bond acceptors (Lipinski definition) is 4. The van der Waals surface area contributed by atoms with Gasteiger partial charge in [0.25, 0.3) is 0 Å². The van der Waals surface area contributed by atoms with E-state index in [9.17, 15) is 14.0 Å². The Morgan fingerprint density at radius 1 is 1.06 bits per heavy atom. The van der Waals surface area contributed by atoms with Gasteiger partial charge in [-0.25, -0.2) is 4.39 Å². The third-order valence-electron chi connectivity index (χ3n) is 6.12. The number of benzene rings is 2. The molecule has 0 saturated carbocycles. The van der Waals surface area contributed by atoms with Crippen LogP contribution in [0, 0.1) is 11.7 Å². The zero-order valence-corrected chi connectivity index (χ0v) is 19.2. The summed E-state index contributed by atoms with van der Waals surface area (Å²) in [6, 6.07) is 17.3. The Morgan fingerprint density at radius 2 is 1.79 bits per heavy atom. The Morgan fingerprint density at radius 3 is 2.47 bits per heavy atom. The highest BCUT2D eigenvalue weighted by Gasteiger charge is 2.29. The maximum Gasteiger partial charge on any atom is 0.229 e. The molecule has 1 aliphatic rings. The van der Waals surface area contributed by atoms with E-state index in [-0.39, 0.29) is 30.2 Å². The second-order valence-electron chi connectivity index (χ2n) is 8.50. The van der Waals surface area contributed by atoms with Crippen LogP contribution >= 0.6 is 0 Å². The van der Waals surface area contributed by atoms with E-state index in [0.29, 0.717) is 38.1 Å². The summed E-state index contributed by atoms with van der Waals surface area (Å²) >= 11 is 0. The average molecular weight is 462 g/mol. The van der Waals surface area contributed by atoms with E-state index >= 15 is 0 Å². The van der Waals surface area contributed by atoms with Crippen LogP contribution in [-0.4, -0.2) is 41.8 Å². The minimum atomic E-state index is -0.291. The van der Waals surface area contributed by atoms with Crippen molar-refractivity contribution in [2.45, 2.75) is 25.9 Å². The summed E-state index contributed by atoms with van der Waals surface area (Å²) in [6.45, 7) is 1.43. The summed E-state index contributed by atoms with van der Waals surface area (Å²) in [5, 5.41) is 0. The quantitative estimate of drug-likeness (QED) is 0.528. The van der Waals surface area contributed by atoms with E-state index in [1.54, 1.807) is 42.5 Å². The van der Waals surface area contributed by atoms with Gasteiger partial charge < -0.3 is 14.5 Å². The summed E-state index contributed by atoms with van der Waals surface area (Å²) in [6.07, 6.45) is 5.03. The van der Waals surface area contributed by atoms with Crippen molar-refractivity contribution in [3.05, 3.63) is 90.0 Å². The van der Waals surface area contributed by atoms with E-state index in [4.69, 9.17) is 4.74 Å². The van der Waals surface area contributed by atoms with Gasteiger partial charge in [-0.2, -0.15) is 0 Å². The van der Waals surface area contributed by atoms with Crippen molar-refractivity contribution in [2.75, 3.05) is 25.0 Å². The second-order valence-corrected chi connectivity index (χ2v) is 8.50. The molecular formula is C27H28FN3O3. The lowest BCUT2D eigenvalue weighted by molar-refractivity contribution is -0.134. The molecular weight excluding hydrogens is 433 g/mol. The topological polar surface area (TPSA) is 62.7 Å². The first-order valence-corrected chi connectivity index (χ1v) is 11.4. The minimum absolute atomic E-state index is 0.0489. The number of pyridine rings is 1. The SMILES string of the molecule is CN(C(=O)C1CCN(C(=O)Cc2cccnc2)CC1)c1ccc(OCc2cccc(F)c2)cc1. The average Bonchev–Trinajstić information content (AvgIpc) is 2.87. The van der Waals surface area contributed by atoms with Gasteiger partial charge in [-0.05, 0) is 66.4 Å². The number of piperidine rings is 1.